The highest BCUT2D eigenvalue weighted by Gasteiger charge is 2.35. The van der Waals surface area contributed by atoms with Gasteiger partial charge in [-0.1, -0.05) is 26.8 Å². The highest BCUT2D eigenvalue weighted by Crippen LogP contribution is 2.32. The first-order valence-electron chi connectivity index (χ1n) is 8.47. The molecule has 1 aromatic carbocycles. The minimum absolute atomic E-state index is 0.0871. The standard InChI is InChI=1S/C18H22N6S/c1-18(2,3)15-10-13(20-21-15)16-22-23-17(25)24(16)14-8-4-7-12-11(14)6-5-9-19-12/h4-9,13,15,20-21H,10H2,1-3H3,(H,23,25). The van der Waals surface area contributed by atoms with Crippen LogP contribution in [0, 0.1) is 10.2 Å². The van der Waals surface area contributed by atoms with Crippen molar-refractivity contribution in [3.63, 3.8) is 0 Å². The average molecular weight is 354 g/mol. The fraction of sp³-hybridized carbons (Fsp3) is 0.389. The van der Waals surface area contributed by atoms with E-state index in [-0.39, 0.29) is 11.5 Å². The molecule has 7 heteroatoms. The van der Waals surface area contributed by atoms with Gasteiger partial charge in [-0.05, 0) is 48.3 Å². The lowest BCUT2D eigenvalue weighted by Crippen LogP contribution is -2.39. The Morgan fingerprint density at radius 2 is 2.00 bits per heavy atom. The van der Waals surface area contributed by atoms with Gasteiger partial charge in [0.05, 0.1) is 17.2 Å². The molecule has 0 radical (unpaired) electrons. The topological polar surface area (TPSA) is 70.6 Å². The van der Waals surface area contributed by atoms with E-state index in [4.69, 9.17) is 12.2 Å². The Bertz CT molecular complexity index is 962. The van der Waals surface area contributed by atoms with E-state index in [1.54, 1.807) is 6.20 Å². The summed E-state index contributed by atoms with van der Waals surface area (Å²) in [6, 6.07) is 10.5. The number of hydrogen-bond donors (Lipinski definition) is 3. The van der Waals surface area contributed by atoms with Crippen molar-refractivity contribution in [2.75, 3.05) is 0 Å². The molecular formula is C18H22N6S. The van der Waals surface area contributed by atoms with Crippen molar-refractivity contribution < 1.29 is 0 Å². The van der Waals surface area contributed by atoms with Crippen LogP contribution in [0.2, 0.25) is 0 Å². The van der Waals surface area contributed by atoms with Crippen LogP contribution in [-0.2, 0) is 0 Å². The second kappa shape index (κ2) is 6.01. The van der Waals surface area contributed by atoms with Crippen molar-refractivity contribution in [3.8, 4) is 5.69 Å². The number of aromatic amines is 1. The highest BCUT2D eigenvalue weighted by atomic mass is 32.1. The lowest BCUT2D eigenvalue weighted by atomic mass is 9.84. The Morgan fingerprint density at radius 1 is 1.16 bits per heavy atom. The minimum Gasteiger partial charge on any atom is -0.270 e. The zero-order valence-electron chi connectivity index (χ0n) is 14.6. The number of aromatic nitrogens is 4. The Hall–Kier alpha value is -2.09. The predicted octanol–water partition coefficient (Wildman–Crippen LogP) is 3.43. The predicted molar refractivity (Wildman–Crippen MR) is 101 cm³/mol. The lowest BCUT2D eigenvalue weighted by Gasteiger charge is -2.25. The third-order valence-corrected chi connectivity index (χ3v) is 5.10. The smallest absolute Gasteiger partial charge is 0.199 e. The molecule has 3 aromatic rings. The quantitative estimate of drug-likeness (QED) is 0.615. The van der Waals surface area contributed by atoms with E-state index >= 15 is 0 Å². The Labute approximate surface area is 151 Å². The number of H-pyrrole nitrogens is 1. The van der Waals surface area contributed by atoms with E-state index in [1.165, 1.54) is 0 Å². The maximum Gasteiger partial charge on any atom is 0.199 e. The van der Waals surface area contributed by atoms with Crippen LogP contribution in [0.25, 0.3) is 16.6 Å². The molecule has 130 valence electrons. The van der Waals surface area contributed by atoms with Crippen LogP contribution in [0.4, 0.5) is 0 Å². The van der Waals surface area contributed by atoms with Crippen molar-refractivity contribution in [1.29, 1.82) is 0 Å². The first kappa shape index (κ1) is 16.4. The van der Waals surface area contributed by atoms with Gasteiger partial charge in [0.1, 0.15) is 0 Å². The van der Waals surface area contributed by atoms with Gasteiger partial charge >= 0.3 is 0 Å². The molecule has 2 aromatic heterocycles. The number of nitrogens with zero attached hydrogens (tertiary/aromatic N) is 3. The van der Waals surface area contributed by atoms with Gasteiger partial charge in [0, 0.05) is 17.6 Å². The number of rotatable bonds is 2. The summed E-state index contributed by atoms with van der Waals surface area (Å²) >= 11 is 5.53. The lowest BCUT2D eigenvalue weighted by molar-refractivity contribution is 0.285. The number of nitrogens with one attached hydrogen (secondary N) is 3. The van der Waals surface area contributed by atoms with Crippen molar-refractivity contribution in [3.05, 3.63) is 47.1 Å². The number of pyridine rings is 1. The van der Waals surface area contributed by atoms with Crippen LogP contribution in [0.5, 0.6) is 0 Å². The summed E-state index contributed by atoms with van der Waals surface area (Å²) < 4.78 is 2.61. The van der Waals surface area contributed by atoms with Crippen molar-refractivity contribution >= 4 is 23.1 Å². The minimum atomic E-state index is 0.0871. The van der Waals surface area contributed by atoms with E-state index < -0.39 is 0 Å². The zero-order chi connectivity index (χ0) is 17.6. The fourth-order valence-corrected chi connectivity index (χ4v) is 3.59. The third kappa shape index (κ3) is 2.88. The highest BCUT2D eigenvalue weighted by molar-refractivity contribution is 7.71. The second-order valence-electron chi connectivity index (χ2n) is 7.57. The molecule has 0 aliphatic carbocycles. The Kier molecular flexibility index (Phi) is 3.94. The summed E-state index contributed by atoms with van der Waals surface area (Å²) in [5.41, 5.74) is 8.91. The summed E-state index contributed by atoms with van der Waals surface area (Å²) in [6.07, 6.45) is 2.75. The van der Waals surface area contributed by atoms with Crippen LogP contribution in [0.3, 0.4) is 0 Å². The van der Waals surface area contributed by atoms with Crippen LogP contribution in [-0.4, -0.2) is 25.8 Å². The van der Waals surface area contributed by atoms with Gasteiger partial charge in [0.25, 0.3) is 0 Å². The number of benzene rings is 1. The number of hydrogen-bond acceptors (Lipinski definition) is 5. The molecule has 1 fully saturated rings. The molecule has 3 heterocycles. The molecule has 6 nitrogen and oxygen atoms in total. The number of fused-ring (bicyclic) bond motifs is 1. The molecule has 0 amide bonds. The van der Waals surface area contributed by atoms with E-state index in [1.807, 2.05) is 22.8 Å². The van der Waals surface area contributed by atoms with E-state index in [9.17, 15) is 0 Å². The van der Waals surface area contributed by atoms with Crippen molar-refractivity contribution in [1.82, 2.24) is 30.6 Å². The molecular weight excluding hydrogens is 332 g/mol. The molecule has 0 saturated carbocycles. The first-order valence-corrected chi connectivity index (χ1v) is 8.88. The van der Waals surface area contributed by atoms with E-state index in [0.29, 0.717) is 10.8 Å². The SMILES string of the molecule is CC(C)(C)C1CC(c2n[nH]c(=S)n2-c2cccc3ncccc23)NN1. The molecule has 0 spiro atoms. The van der Waals surface area contributed by atoms with Crippen LogP contribution in [0.15, 0.2) is 36.5 Å². The summed E-state index contributed by atoms with van der Waals surface area (Å²) in [4.78, 5) is 4.45. The van der Waals surface area contributed by atoms with Gasteiger partial charge in [0.15, 0.2) is 10.6 Å². The summed E-state index contributed by atoms with van der Waals surface area (Å²) in [7, 11) is 0. The van der Waals surface area contributed by atoms with Gasteiger partial charge in [-0.15, -0.1) is 0 Å². The molecule has 2 atom stereocenters. The largest absolute Gasteiger partial charge is 0.270 e. The molecule has 2 unspecified atom stereocenters. The third-order valence-electron chi connectivity index (χ3n) is 4.82. The molecule has 25 heavy (non-hydrogen) atoms. The molecule has 3 N–H and O–H groups in total. The van der Waals surface area contributed by atoms with E-state index in [2.05, 4.69) is 58.9 Å². The maximum absolute atomic E-state index is 5.53. The van der Waals surface area contributed by atoms with Gasteiger partial charge < -0.3 is 0 Å². The van der Waals surface area contributed by atoms with E-state index in [0.717, 1.165) is 28.8 Å². The van der Waals surface area contributed by atoms with Crippen LogP contribution < -0.4 is 10.9 Å². The van der Waals surface area contributed by atoms with Crippen molar-refractivity contribution in [2.45, 2.75) is 39.3 Å². The normalized spacial score (nSPS) is 21.1. The molecule has 1 saturated heterocycles. The fourth-order valence-electron chi connectivity index (χ4n) is 3.35. The van der Waals surface area contributed by atoms with Gasteiger partial charge in [-0.2, -0.15) is 5.10 Å². The maximum atomic E-state index is 5.53. The monoisotopic (exact) mass is 354 g/mol. The first-order chi connectivity index (χ1) is 11.9. The summed E-state index contributed by atoms with van der Waals surface area (Å²) in [5, 5.41) is 8.54. The van der Waals surface area contributed by atoms with Crippen LogP contribution in [0.1, 0.15) is 39.1 Å². The average Bonchev–Trinajstić information content (AvgIpc) is 3.21. The summed E-state index contributed by atoms with van der Waals surface area (Å²) in [5.74, 6) is 0.889. The molecule has 0 bridgehead atoms. The van der Waals surface area contributed by atoms with Gasteiger partial charge in [-0.3, -0.25) is 20.1 Å². The molecule has 4 rings (SSSR count). The van der Waals surface area contributed by atoms with Crippen molar-refractivity contribution in [2.24, 2.45) is 5.41 Å². The Morgan fingerprint density at radius 3 is 2.76 bits per heavy atom. The van der Waals surface area contributed by atoms with Crippen LogP contribution >= 0.6 is 12.2 Å². The summed E-state index contributed by atoms with van der Waals surface area (Å²) in [6.45, 7) is 6.71. The molecule has 1 aliphatic heterocycles. The second-order valence-corrected chi connectivity index (χ2v) is 7.95. The van der Waals surface area contributed by atoms with Gasteiger partial charge in [0.2, 0.25) is 0 Å². The zero-order valence-corrected chi connectivity index (χ0v) is 15.4. The molecule has 1 aliphatic rings. The number of hydrazine groups is 1. The van der Waals surface area contributed by atoms with Gasteiger partial charge in [-0.25, -0.2) is 5.43 Å². The Balaban J connectivity index is 1.80.